The Kier molecular flexibility index (Phi) is 3.48. The summed E-state index contributed by atoms with van der Waals surface area (Å²) in [6, 6.07) is 6.83. The minimum Gasteiger partial charge on any atom is -0.477 e. The zero-order valence-corrected chi connectivity index (χ0v) is 8.75. The first kappa shape index (κ1) is 11.3. The molecule has 0 atom stereocenters. The summed E-state index contributed by atoms with van der Waals surface area (Å²) in [7, 11) is 0. The van der Waals surface area contributed by atoms with Gasteiger partial charge in [-0.15, -0.1) is 0 Å². The van der Waals surface area contributed by atoms with Gasteiger partial charge in [0.1, 0.15) is 11.6 Å². The minimum absolute atomic E-state index is 0.331. The first-order chi connectivity index (χ1) is 7.06. The van der Waals surface area contributed by atoms with E-state index < -0.39 is 5.97 Å². The van der Waals surface area contributed by atoms with Crippen molar-refractivity contribution < 1.29 is 9.90 Å². The van der Waals surface area contributed by atoms with Crippen LogP contribution in [-0.4, -0.2) is 11.1 Å². The zero-order valence-electron chi connectivity index (χ0n) is 7.99. The van der Waals surface area contributed by atoms with Gasteiger partial charge < -0.3 is 5.11 Å². The van der Waals surface area contributed by atoms with Gasteiger partial charge >= 0.3 is 5.97 Å². The Morgan fingerprint density at radius 1 is 1.60 bits per heavy atom. The van der Waals surface area contributed by atoms with Gasteiger partial charge in [-0.25, -0.2) is 4.79 Å². The Morgan fingerprint density at radius 3 is 2.80 bits per heavy atom. The number of carbonyl (C=O) groups is 1. The molecule has 76 valence electrons. The normalized spacial score (nSPS) is 10.9. The van der Waals surface area contributed by atoms with Crippen molar-refractivity contribution in [2.45, 2.75) is 6.92 Å². The highest BCUT2D eigenvalue weighted by molar-refractivity contribution is 6.33. The molecule has 0 amide bonds. The van der Waals surface area contributed by atoms with Gasteiger partial charge in [-0.1, -0.05) is 29.8 Å². The maximum absolute atomic E-state index is 10.6. The predicted molar refractivity (Wildman–Crippen MR) is 57.4 cm³/mol. The van der Waals surface area contributed by atoms with Crippen molar-refractivity contribution in [1.29, 1.82) is 5.26 Å². The van der Waals surface area contributed by atoms with Crippen LogP contribution in [0.5, 0.6) is 0 Å². The van der Waals surface area contributed by atoms with Gasteiger partial charge in [0.25, 0.3) is 0 Å². The molecule has 0 spiro atoms. The fraction of sp³-hybridized carbons (Fsp3) is 0.0909. The SMILES string of the molecule is Cc1cccc(/C=C(\C#N)C(=O)O)c1Cl. The molecule has 0 aliphatic carbocycles. The van der Waals surface area contributed by atoms with Gasteiger partial charge in [0.2, 0.25) is 0 Å². The van der Waals surface area contributed by atoms with Crippen molar-refractivity contribution in [3.8, 4) is 6.07 Å². The fourth-order valence-electron chi connectivity index (χ4n) is 1.08. The largest absolute Gasteiger partial charge is 0.477 e. The van der Waals surface area contributed by atoms with E-state index in [9.17, 15) is 4.79 Å². The number of carboxylic acids is 1. The van der Waals surface area contributed by atoms with E-state index in [1.807, 2.05) is 13.0 Å². The highest BCUT2D eigenvalue weighted by Crippen LogP contribution is 2.22. The van der Waals surface area contributed by atoms with Crippen molar-refractivity contribution in [2.24, 2.45) is 0 Å². The van der Waals surface area contributed by atoms with Crippen molar-refractivity contribution in [3.63, 3.8) is 0 Å². The van der Waals surface area contributed by atoms with E-state index in [1.165, 1.54) is 6.08 Å². The number of benzene rings is 1. The summed E-state index contributed by atoms with van der Waals surface area (Å²) in [6.07, 6.45) is 1.26. The number of rotatable bonds is 2. The van der Waals surface area contributed by atoms with Crippen LogP contribution in [-0.2, 0) is 4.79 Å². The summed E-state index contributed by atoms with van der Waals surface area (Å²) < 4.78 is 0. The van der Waals surface area contributed by atoms with Crippen LogP contribution < -0.4 is 0 Å². The topological polar surface area (TPSA) is 61.1 Å². The second kappa shape index (κ2) is 4.63. The average molecular weight is 222 g/mol. The van der Waals surface area contributed by atoms with E-state index in [2.05, 4.69) is 0 Å². The summed E-state index contributed by atoms with van der Waals surface area (Å²) in [4.78, 5) is 10.6. The monoisotopic (exact) mass is 221 g/mol. The molecule has 0 saturated carbocycles. The quantitative estimate of drug-likeness (QED) is 0.617. The molecule has 0 aliphatic heterocycles. The molecule has 0 fully saturated rings. The van der Waals surface area contributed by atoms with Crippen LogP contribution in [0.25, 0.3) is 6.08 Å². The molecule has 3 nitrogen and oxygen atoms in total. The summed E-state index contributed by atoms with van der Waals surface area (Å²) >= 11 is 5.95. The molecule has 15 heavy (non-hydrogen) atoms. The lowest BCUT2D eigenvalue weighted by Gasteiger charge is -2.01. The molecule has 0 bridgehead atoms. The number of carboxylic acid groups (broad SMARTS) is 1. The Morgan fingerprint density at radius 2 is 2.27 bits per heavy atom. The van der Waals surface area contributed by atoms with E-state index in [0.717, 1.165) is 5.56 Å². The van der Waals surface area contributed by atoms with Crippen LogP contribution in [0.15, 0.2) is 23.8 Å². The molecule has 1 rings (SSSR count). The van der Waals surface area contributed by atoms with Crippen LogP contribution in [0.1, 0.15) is 11.1 Å². The molecule has 1 N–H and O–H groups in total. The van der Waals surface area contributed by atoms with Crippen LogP contribution in [0.4, 0.5) is 0 Å². The predicted octanol–water partition coefficient (Wildman–Crippen LogP) is 2.64. The molecule has 0 saturated heterocycles. The van der Waals surface area contributed by atoms with Crippen LogP contribution in [0.2, 0.25) is 5.02 Å². The smallest absolute Gasteiger partial charge is 0.346 e. The van der Waals surface area contributed by atoms with Crippen molar-refractivity contribution in [2.75, 3.05) is 0 Å². The van der Waals surface area contributed by atoms with Gasteiger partial charge in [0.15, 0.2) is 0 Å². The average Bonchev–Trinajstić information content (AvgIpc) is 2.19. The summed E-state index contributed by atoms with van der Waals surface area (Å²) in [5.41, 5.74) is 1.05. The lowest BCUT2D eigenvalue weighted by Crippen LogP contribution is -1.97. The zero-order chi connectivity index (χ0) is 11.4. The second-order valence-corrected chi connectivity index (χ2v) is 3.33. The fourth-order valence-corrected chi connectivity index (χ4v) is 1.26. The van der Waals surface area contributed by atoms with E-state index in [4.69, 9.17) is 22.0 Å². The molecule has 1 aromatic rings. The molecule has 1 aromatic carbocycles. The molecular weight excluding hydrogens is 214 g/mol. The second-order valence-electron chi connectivity index (χ2n) is 2.95. The first-order valence-electron chi connectivity index (χ1n) is 4.16. The third-order valence-electron chi connectivity index (χ3n) is 1.87. The van der Waals surface area contributed by atoms with E-state index in [0.29, 0.717) is 10.6 Å². The van der Waals surface area contributed by atoms with E-state index in [-0.39, 0.29) is 5.57 Å². The molecule has 4 heteroatoms. The van der Waals surface area contributed by atoms with Crippen LogP contribution in [0.3, 0.4) is 0 Å². The highest BCUT2D eigenvalue weighted by Gasteiger charge is 2.07. The number of hydrogen-bond donors (Lipinski definition) is 1. The molecule has 0 aromatic heterocycles. The Bertz CT molecular complexity index is 472. The number of nitrogens with zero attached hydrogens (tertiary/aromatic N) is 1. The molecule has 0 radical (unpaired) electrons. The van der Waals surface area contributed by atoms with Crippen molar-refractivity contribution in [1.82, 2.24) is 0 Å². The Labute approximate surface area is 92.2 Å². The van der Waals surface area contributed by atoms with Gasteiger partial charge in [-0.3, -0.25) is 0 Å². The van der Waals surface area contributed by atoms with Gasteiger partial charge in [0.05, 0.1) is 5.02 Å². The molecular formula is C11H8ClNO2. The number of nitriles is 1. The standard InChI is InChI=1S/C11H8ClNO2/c1-7-3-2-4-8(10(7)12)5-9(6-13)11(14)15/h2-5H,1H3,(H,14,15)/b9-5+. The third kappa shape index (κ3) is 2.58. The lowest BCUT2D eigenvalue weighted by atomic mass is 10.1. The van der Waals surface area contributed by atoms with E-state index >= 15 is 0 Å². The molecule has 0 unspecified atom stereocenters. The maximum atomic E-state index is 10.6. The first-order valence-corrected chi connectivity index (χ1v) is 4.54. The number of hydrogen-bond acceptors (Lipinski definition) is 2. The Balaban J connectivity index is 3.25. The van der Waals surface area contributed by atoms with Crippen molar-refractivity contribution >= 4 is 23.6 Å². The van der Waals surface area contributed by atoms with Crippen molar-refractivity contribution in [3.05, 3.63) is 39.9 Å². The van der Waals surface area contributed by atoms with Crippen LogP contribution >= 0.6 is 11.6 Å². The summed E-state index contributed by atoms with van der Waals surface area (Å²) in [5, 5.41) is 17.7. The summed E-state index contributed by atoms with van der Waals surface area (Å²) in [5.74, 6) is -1.25. The molecule has 0 aliphatic rings. The number of halogens is 1. The van der Waals surface area contributed by atoms with Gasteiger partial charge in [-0.2, -0.15) is 5.26 Å². The number of aliphatic carboxylic acids is 1. The number of aryl methyl sites for hydroxylation is 1. The summed E-state index contributed by atoms with van der Waals surface area (Å²) in [6.45, 7) is 1.81. The van der Waals surface area contributed by atoms with E-state index in [1.54, 1.807) is 18.2 Å². The van der Waals surface area contributed by atoms with Crippen LogP contribution in [0, 0.1) is 18.3 Å². The Hall–Kier alpha value is -1.79. The molecule has 0 heterocycles. The maximum Gasteiger partial charge on any atom is 0.346 e. The van der Waals surface area contributed by atoms with Gasteiger partial charge in [0, 0.05) is 0 Å². The highest BCUT2D eigenvalue weighted by atomic mass is 35.5. The third-order valence-corrected chi connectivity index (χ3v) is 2.39. The lowest BCUT2D eigenvalue weighted by molar-refractivity contribution is -0.132. The van der Waals surface area contributed by atoms with Gasteiger partial charge in [-0.05, 0) is 24.1 Å². The minimum atomic E-state index is -1.25.